The molecule has 0 spiro atoms. The van der Waals surface area contributed by atoms with Crippen molar-refractivity contribution in [3.05, 3.63) is 76.8 Å². The van der Waals surface area contributed by atoms with Gasteiger partial charge >= 0.3 is 0 Å². The average Bonchev–Trinajstić information content (AvgIpc) is 3.26. The first-order chi connectivity index (χ1) is 14.5. The molecule has 0 aliphatic rings. The van der Waals surface area contributed by atoms with Crippen LogP contribution in [0.15, 0.2) is 65.7 Å². The van der Waals surface area contributed by atoms with Gasteiger partial charge in [0, 0.05) is 30.2 Å². The monoisotopic (exact) mass is 490 g/mol. The Morgan fingerprint density at radius 1 is 1.00 bits per heavy atom. The number of rotatable bonds is 11. The van der Waals surface area contributed by atoms with Gasteiger partial charge in [-0.15, -0.1) is 11.6 Å². The minimum absolute atomic E-state index is 0.142. The van der Waals surface area contributed by atoms with Gasteiger partial charge in [-0.1, -0.05) is 32.0 Å². The molecule has 6 heteroatoms. The molecule has 0 aliphatic heterocycles. The van der Waals surface area contributed by atoms with Gasteiger partial charge in [-0.25, -0.2) is 4.98 Å². The van der Waals surface area contributed by atoms with Crippen molar-refractivity contribution in [1.82, 2.24) is 9.55 Å². The fourth-order valence-electron chi connectivity index (χ4n) is 3.23. The number of aryl methyl sites for hydroxylation is 1. The third-order valence-electron chi connectivity index (χ3n) is 5.15. The summed E-state index contributed by atoms with van der Waals surface area (Å²) in [5.74, 6) is 2.34. The Balaban J connectivity index is 1.59. The predicted octanol–water partition coefficient (Wildman–Crippen LogP) is 6.45. The Kier molecular flexibility index (Phi) is 8.23. The minimum Gasteiger partial charge on any atom is -0.494 e. The van der Waals surface area contributed by atoms with Crippen LogP contribution in [-0.4, -0.2) is 28.6 Å². The van der Waals surface area contributed by atoms with Crippen molar-refractivity contribution in [2.45, 2.75) is 38.6 Å². The second kappa shape index (κ2) is 10.9. The molecule has 0 N–H and O–H groups in total. The van der Waals surface area contributed by atoms with E-state index in [9.17, 15) is 0 Å². The number of imidazole rings is 1. The van der Waals surface area contributed by atoms with Crippen LogP contribution in [0.2, 0.25) is 0 Å². The summed E-state index contributed by atoms with van der Waals surface area (Å²) in [7, 11) is 0. The van der Waals surface area contributed by atoms with Crippen LogP contribution < -0.4 is 9.47 Å². The first-order valence-corrected chi connectivity index (χ1v) is 11.5. The summed E-state index contributed by atoms with van der Waals surface area (Å²) in [6.07, 6.45) is 7.36. The maximum atomic E-state index is 5.89. The van der Waals surface area contributed by atoms with Crippen LogP contribution in [0.5, 0.6) is 11.5 Å². The van der Waals surface area contributed by atoms with Gasteiger partial charge in [0.2, 0.25) is 0 Å². The Hall–Kier alpha value is -1.98. The molecular weight excluding hydrogens is 464 g/mol. The van der Waals surface area contributed by atoms with Crippen LogP contribution in [0.25, 0.3) is 0 Å². The molecule has 4 nitrogen and oxygen atoms in total. The van der Waals surface area contributed by atoms with Gasteiger partial charge in [0.15, 0.2) is 0 Å². The lowest BCUT2D eigenvalue weighted by molar-refractivity contribution is 0.301. The van der Waals surface area contributed by atoms with Crippen molar-refractivity contribution >= 4 is 27.5 Å². The molecule has 160 valence electrons. The smallest absolute Gasteiger partial charge is 0.133 e. The number of hydrogen-bond acceptors (Lipinski definition) is 3. The predicted molar refractivity (Wildman–Crippen MR) is 126 cm³/mol. The van der Waals surface area contributed by atoms with E-state index in [0.717, 1.165) is 35.4 Å². The number of halogens is 2. The molecule has 2 aromatic carbocycles. The lowest BCUT2D eigenvalue weighted by atomic mass is 9.78. The second-order valence-corrected chi connectivity index (χ2v) is 8.92. The summed E-state index contributed by atoms with van der Waals surface area (Å²) < 4.78 is 14.7. The van der Waals surface area contributed by atoms with E-state index in [1.807, 2.05) is 30.7 Å². The minimum atomic E-state index is -0.142. The van der Waals surface area contributed by atoms with Crippen LogP contribution >= 0.6 is 27.5 Å². The van der Waals surface area contributed by atoms with Gasteiger partial charge in [0.05, 0.1) is 24.0 Å². The molecule has 0 saturated carbocycles. The normalized spacial score (nSPS) is 11.5. The van der Waals surface area contributed by atoms with Gasteiger partial charge in [-0.2, -0.15) is 0 Å². The quantitative estimate of drug-likeness (QED) is 0.228. The van der Waals surface area contributed by atoms with Crippen LogP contribution in [0.3, 0.4) is 0 Å². The van der Waals surface area contributed by atoms with Crippen molar-refractivity contribution in [1.29, 1.82) is 0 Å². The molecule has 30 heavy (non-hydrogen) atoms. The molecule has 0 aliphatic carbocycles. The van der Waals surface area contributed by atoms with Crippen molar-refractivity contribution < 1.29 is 9.47 Å². The van der Waals surface area contributed by atoms with Crippen molar-refractivity contribution in [3.63, 3.8) is 0 Å². The molecule has 3 aromatic rings. The third-order valence-corrected chi connectivity index (χ3v) is 6.04. The Bertz CT molecular complexity index is 911. The molecule has 0 atom stereocenters. The second-order valence-electron chi connectivity index (χ2n) is 7.69. The number of nitrogens with zero attached hydrogens (tertiary/aromatic N) is 2. The van der Waals surface area contributed by atoms with Gasteiger partial charge in [-0.3, -0.25) is 0 Å². The largest absolute Gasteiger partial charge is 0.494 e. The maximum absolute atomic E-state index is 5.89. The van der Waals surface area contributed by atoms with Crippen molar-refractivity contribution in [2.75, 3.05) is 19.1 Å². The summed E-state index contributed by atoms with van der Waals surface area (Å²) in [4.78, 5) is 4.05. The topological polar surface area (TPSA) is 36.3 Å². The molecule has 0 saturated heterocycles. The maximum Gasteiger partial charge on any atom is 0.133 e. The zero-order valence-electron chi connectivity index (χ0n) is 17.5. The lowest BCUT2D eigenvalue weighted by Crippen LogP contribution is -2.19. The first-order valence-electron chi connectivity index (χ1n) is 10.2. The lowest BCUT2D eigenvalue weighted by Gasteiger charge is -2.27. The average molecular weight is 492 g/mol. The van der Waals surface area contributed by atoms with E-state index in [2.05, 4.69) is 63.6 Å². The number of aromatic nitrogens is 2. The number of hydrogen-bond donors (Lipinski definition) is 0. The standard InChI is InChI=1S/C24H28BrClN2O2/c1-24(2,20-7-10-23(22(25)17-20)30-15-3-11-26)19-5-8-21(9-6-19)29-16-4-13-28-14-12-27-18-28/h5-10,12,14,17-18H,3-4,11,13,15-16H2,1-2H3. The van der Waals surface area contributed by atoms with E-state index in [-0.39, 0.29) is 5.41 Å². The molecule has 0 radical (unpaired) electrons. The summed E-state index contributed by atoms with van der Waals surface area (Å²) in [5.41, 5.74) is 2.31. The summed E-state index contributed by atoms with van der Waals surface area (Å²) in [6.45, 7) is 6.66. The molecule has 0 amide bonds. The highest BCUT2D eigenvalue weighted by molar-refractivity contribution is 9.10. The highest BCUT2D eigenvalue weighted by Crippen LogP contribution is 2.36. The molecule has 0 fully saturated rings. The summed E-state index contributed by atoms with van der Waals surface area (Å²) >= 11 is 9.37. The summed E-state index contributed by atoms with van der Waals surface area (Å²) in [5, 5.41) is 0. The zero-order valence-corrected chi connectivity index (χ0v) is 19.8. The van der Waals surface area contributed by atoms with E-state index in [0.29, 0.717) is 19.1 Å². The molecule has 3 rings (SSSR count). The zero-order chi connectivity index (χ0) is 21.4. The van der Waals surface area contributed by atoms with E-state index >= 15 is 0 Å². The van der Waals surface area contributed by atoms with Crippen LogP contribution in [-0.2, 0) is 12.0 Å². The Morgan fingerprint density at radius 2 is 1.73 bits per heavy atom. The Morgan fingerprint density at radius 3 is 2.40 bits per heavy atom. The van der Waals surface area contributed by atoms with Gasteiger partial charge in [0.1, 0.15) is 11.5 Å². The molecule has 1 aromatic heterocycles. The van der Waals surface area contributed by atoms with E-state index in [4.69, 9.17) is 21.1 Å². The number of ether oxygens (including phenoxy) is 2. The molecule has 0 unspecified atom stereocenters. The number of alkyl halides is 1. The SMILES string of the molecule is CC(C)(c1ccc(OCCCn2ccnc2)cc1)c1ccc(OCCCCl)c(Br)c1. The van der Waals surface area contributed by atoms with Crippen LogP contribution in [0.1, 0.15) is 37.8 Å². The highest BCUT2D eigenvalue weighted by atomic mass is 79.9. The third kappa shape index (κ3) is 6.02. The first kappa shape index (κ1) is 22.7. The fraction of sp³-hybridized carbons (Fsp3) is 0.375. The Labute approximate surface area is 192 Å². The van der Waals surface area contributed by atoms with E-state index in [1.54, 1.807) is 6.20 Å². The molecular formula is C24H28BrClN2O2. The number of benzene rings is 2. The molecule has 1 heterocycles. The van der Waals surface area contributed by atoms with Gasteiger partial charge in [0.25, 0.3) is 0 Å². The van der Waals surface area contributed by atoms with Crippen molar-refractivity contribution in [3.8, 4) is 11.5 Å². The van der Waals surface area contributed by atoms with E-state index in [1.165, 1.54) is 11.1 Å². The van der Waals surface area contributed by atoms with Crippen molar-refractivity contribution in [2.24, 2.45) is 0 Å². The van der Waals surface area contributed by atoms with Gasteiger partial charge < -0.3 is 14.0 Å². The van der Waals surface area contributed by atoms with Gasteiger partial charge in [-0.05, 0) is 64.2 Å². The molecule has 0 bridgehead atoms. The highest BCUT2D eigenvalue weighted by Gasteiger charge is 2.24. The fourth-order valence-corrected chi connectivity index (χ4v) is 3.84. The van der Waals surface area contributed by atoms with E-state index < -0.39 is 0 Å². The van der Waals surface area contributed by atoms with Crippen LogP contribution in [0, 0.1) is 0 Å². The summed E-state index contributed by atoms with van der Waals surface area (Å²) in [6, 6.07) is 14.7. The van der Waals surface area contributed by atoms with Crippen LogP contribution in [0.4, 0.5) is 0 Å².